The maximum Gasteiger partial charge on any atom is 0.303 e. The van der Waals surface area contributed by atoms with Gasteiger partial charge in [0, 0.05) is 38.8 Å². The zero-order valence-corrected chi connectivity index (χ0v) is 34.4. The Kier molecular flexibility index (Phi) is 12.7. The molecule has 5 saturated carbocycles. The summed E-state index contributed by atoms with van der Waals surface area (Å²) in [5.41, 5.74) is 0.536. The van der Waals surface area contributed by atoms with E-state index in [0.29, 0.717) is 30.8 Å². The molecule has 0 saturated heterocycles. The molecule has 0 bridgehead atoms. The Morgan fingerprint density at radius 1 is 0.722 bits per heavy atom. The van der Waals surface area contributed by atoms with Crippen LogP contribution < -0.4 is 10.6 Å². The van der Waals surface area contributed by atoms with Gasteiger partial charge in [0.15, 0.2) is 0 Å². The van der Waals surface area contributed by atoms with E-state index < -0.39 is 11.4 Å². The van der Waals surface area contributed by atoms with E-state index in [0.717, 1.165) is 89.9 Å². The van der Waals surface area contributed by atoms with Gasteiger partial charge in [-0.05, 0) is 130 Å². The first-order valence-electron chi connectivity index (χ1n) is 21.1. The number of unbranched alkanes of at least 4 members (excludes halogenated alkanes) is 3. The van der Waals surface area contributed by atoms with Crippen molar-refractivity contribution in [1.82, 2.24) is 10.6 Å². The number of carboxylic acid groups (broad SMARTS) is 1. The lowest BCUT2D eigenvalue weighted by Crippen LogP contribution is -2.68. The summed E-state index contributed by atoms with van der Waals surface area (Å²) in [4.78, 5) is 61.3. The summed E-state index contributed by atoms with van der Waals surface area (Å²) >= 11 is 0. The summed E-state index contributed by atoms with van der Waals surface area (Å²) < 4.78 is 11.7. The fourth-order valence-corrected chi connectivity index (χ4v) is 13.7. The summed E-state index contributed by atoms with van der Waals surface area (Å²) in [6.45, 7) is 20.9. The molecule has 0 radical (unpaired) electrons. The highest BCUT2D eigenvalue weighted by Crippen LogP contribution is 2.77. The molecule has 54 heavy (non-hydrogen) atoms. The van der Waals surface area contributed by atoms with Gasteiger partial charge < -0.3 is 25.2 Å². The lowest BCUT2D eigenvalue weighted by Gasteiger charge is -2.73. The van der Waals surface area contributed by atoms with E-state index in [2.05, 4.69) is 51.8 Å². The first-order chi connectivity index (χ1) is 25.4. The van der Waals surface area contributed by atoms with Crippen LogP contribution in [0.1, 0.15) is 151 Å². The average Bonchev–Trinajstić information content (AvgIpc) is 3.50. The normalized spacial score (nSPS) is 39.5. The molecular formula is C44H70N2O8. The Balaban J connectivity index is 1.28. The lowest BCUT2D eigenvalue weighted by molar-refractivity contribution is -0.256. The fourth-order valence-electron chi connectivity index (χ4n) is 13.7. The van der Waals surface area contributed by atoms with E-state index in [1.807, 2.05) is 0 Å². The minimum absolute atomic E-state index is 0.00775. The van der Waals surface area contributed by atoms with Gasteiger partial charge in [-0.3, -0.25) is 24.0 Å². The van der Waals surface area contributed by atoms with Gasteiger partial charge in [-0.15, -0.1) is 0 Å². The van der Waals surface area contributed by atoms with E-state index >= 15 is 0 Å². The van der Waals surface area contributed by atoms with Crippen LogP contribution in [0.4, 0.5) is 0 Å². The number of nitrogens with one attached hydrogen (secondary N) is 2. The van der Waals surface area contributed by atoms with Crippen molar-refractivity contribution in [3.8, 4) is 0 Å². The Morgan fingerprint density at radius 3 is 2.04 bits per heavy atom. The standard InChI is InChI=1S/C44H70N2O8/c1-28(2)31-17-22-44(39(52)46-26-12-10-9-11-25-45-36(49)15-16-37(50)51)24-23-42(7)32(38(31)44)13-14-34-40(5)20-19-35(54-30(4)48)41(6,27-53-29(3)47)33(40)18-21-43(34,42)8/h31-35,38H,1,9-27H2,2-8H3,(H,45,49)(H,46,52)(H,50,51)/t31-,32+,33+,34+,35-,38+,40-,41-,42+,43+,44-/m0/s1. The Morgan fingerprint density at radius 2 is 1.41 bits per heavy atom. The van der Waals surface area contributed by atoms with Crippen LogP contribution in [-0.2, 0) is 33.4 Å². The number of aliphatic carboxylic acids is 1. The molecule has 3 N–H and O–H groups in total. The lowest BCUT2D eigenvalue weighted by atomic mass is 9.32. The summed E-state index contributed by atoms with van der Waals surface area (Å²) in [6.07, 6.45) is 13.1. The van der Waals surface area contributed by atoms with Gasteiger partial charge >= 0.3 is 17.9 Å². The zero-order valence-electron chi connectivity index (χ0n) is 34.4. The molecule has 5 aliphatic carbocycles. The molecule has 5 aliphatic rings. The van der Waals surface area contributed by atoms with E-state index in [4.69, 9.17) is 14.6 Å². The van der Waals surface area contributed by atoms with Crippen molar-refractivity contribution in [2.45, 2.75) is 157 Å². The van der Waals surface area contributed by atoms with Crippen LogP contribution in [0.25, 0.3) is 0 Å². The van der Waals surface area contributed by atoms with Crippen LogP contribution in [-0.4, -0.2) is 60.6 Å². The van der Waals surface area contributed by atoms with Gasteiger partial charge in [0.05, 0.1) is 11.8 Å². The first-order valence-corrected chi connectivity index (χ1v) is 21.1. The van der Waals surface area contributed by atoms with Crippen LogP contribution in [0.15, 0.2) is 12.2 Å². The van der Waals surface area contributed by atoms with E-state index in [-0.39, 0.29) is 82.8 Å². The van der Waals surface area contributed by atoms with Crippen molar-refractivity contribution in [3.63, 3.8) is 0 Å². The predicted molar refractivity (Wildman–Crippen MR) is 207 cm³/mol. The quantitative estimate of drug-likeness (QED) is 0.0873. The van der Waals surface area contributed by atoms with Gasteiger partial charge in [-0.2, -0.15) is 0 Å². The largest absolute Gasteiger partial charge is 0.481 e. The van der Waals surface area contributed by atoms with Crippen LogP contribution in [0, 0.1) is 56.7 Å². The van der Waals surface area contributed by atoms with Gasteiger partial charge in [0.25, 0.3) is 0 Å². The van der Waals surface area contributed by atoms with Crippen LogP contribution in [0.3, 0.4) is 0 Å². The summed E-state index contributed by atoms with van der Waals surface area (Å²) in [7, 11) is 0. The van der Waals surface area contributed by atoms with E-state index in [1.54, 1.807) is 0 Å². The maximum absolute atomic E-state index is 14.5. The summed E-state index contributed by atoms with van der Waals surface area (Å²) in [5.74, 6) is 0.237. The van der Waals surface area contributed by atoms with E-state index in [1.165, 1.54) is 19.4 Å². The molecule has 0 aromatic heterocycles. The minimum Gasteiger partial charge on any atom is -0.481 e. The molecule has 11 atom stereocenters. The second-order valence-corrected chi connectivity index (χ2v) is 19.2. The fraction of sp³-hybridized carbons (Fsp3) is 0.841. The van der Waals surface area contributed by atoms with Crippen LogP contribution in [0.2, 0.25) is 0 Å². The first kappa shape index (κ1) is 42.2. The topological polar surface area (TPSA) is 148 Å². The Bertz CT molecular complexity index is 1460. The number of carbonyl (C=O) groups is 5. The third-order valence-electron chi connectivity index (χ3n) is 16.4. The van der Waals surface area contributed by atoms with E-state index in [9.17, 15) is 24.0 Å². The molecule has 0 aromatic carbocycles. The SMILES string of the molecule is C=C(C)[C@@H]1CC[C@]2(C(=O)NCCCCCCNC(=O)CCC(=O)O)CC[C@]3(C)[C@H](CC[C@@H]4[C@@]5(C)CC[C@H](OC(C)=O)[C@@](C)(COC(C)=O)[C@@H]5CC[C@]43C)[C@@H]12. The molecule has 0 heterocycles. The minimum atomic E-state index is -0.966. The van der Waals surface area contributed by atoms with Gasteiger partial charge in [0.1, 0.15) is 12.7 Å². The molecule has 10 nitrogen and oxygen atoms in total. The van der Waals surface area contributed by atoms with Gasteiger partial charge in [-0.25, -0.2) is 0 Å². The summed E-state index contributed by atoms with van der Waals surface area (Å²) in [6, 6.07) is 0. The molecule has 5 rings (SSSR count). The number of ether oxygens (including phenoxy) is 2. The van der Waals surface area contributed by atoms with Crippen molar-refractivity contribution in [3.05, 3.63) is 12.2 Å². The highest BCUT2D eigenvalue weighted by molar-refractivity contribution is 5.84. The number of fused-ring (bicyclic) bond motifs is 7. The van der Waals surface area contributed by atoms with Crippen molar-refractivity contribution < 1.29 is 38.6 Å². The molecule has 0 aliphatic heterocycles. The number of rotatable bonds is 15. The van der Waals surface area contributed by atoms with Crippen LogP contribution in [0.5, 0.6) is 0 Å². The van der Waals surface area contributed by atoms with Crippen molar-refractivity contribution >= 4 is 29.7 Å². The third kappa shape index (κ3) is 7.62. The number of carboxylic acids is 1. The van der Waals surface area contributed by atoms with Crippen molar-refractivity contribution in [2.24, 2.45) is 56.7 Å². The second-order valence-electron chi connectivity index (χ2n) is 19.2. The van der Waals surface area contributed by atoms with Crippen LogP contribution >= 0.6 is 0 Å². The molecule has 0 unspecified atom stereocenters. The molecule has 0 aromatic rings. The Labute approximate surface area is 324 Å². The maximum atomic E-state index is 14.5. The molecule has 5 fully saturated rings. The predicted octanol–water partition coefficient (Wildman–Crippen LogP) is 7.78. The van der Waals surface area contributed by atoms with Crippen molar-refractivity contribution in [2.75, 3.05) is 19.7 Å². The van der Waals surface area contributed by atoms with Gasteiger partial charge in [0.2, 0.25) is 11.8 Å². The van der Waals surface area contributed by atoms with Gasteiger partial charge in [-0.1, -0.05) is 52.7 Å². The number of allylic oxidation sites excluding steroid dienone is 1. The Hall–Kier alpha value is -2.91. The number of hydrogen-bond acceptors (Lipinski definition) is 7. The number of amides is 2. The van der Waals surface area contributed by atoms with Crippen molar-refractivity contribution in [1.29, 1.82) is 0 Å². The number of hydrogen-bond donors (Lipinski definition) is 3. The highest BCUT2D eigenvalue weighted by atomic mass is 16.6. The zero-order chi connectivity index (χ0) is 39.7. The third-order valence-corrected chi connectivity index (χ3v) is 16.4. The monoisotopic (exact) mass is 755 g/mol. The molecule has 10 heteroatoms. The smallest absolute Gasteiger partial charge is 0.303 e. The molecule has 0 spiro atoms. The molecule has 2 amide bonds. The number of carbonyl (C=O) groups excluding carboxylic acids is 4. The molecule has 304 valence electrons. The molecular weight excluding hydrogens is 684 g/mol. The summed E-state index contributed by atoms with van der Waals surface area (Å²) in [5, 5.41) is 15.0. The second kappa shape index (κ2) is 16.3. The highest BCUT2D eigenvalue weighted by Gasteiger charge is 2.72. The number of esters is 2. The average molecular weight is 755 g/mol.